The minimum absolute atomic E-state index is 0.0218. The summed E-state index contributed by atoms with van der Waals surface area (Å²) < 4.78 is 53.8. The van der Waals surface area contributed by atoms with E-state index in [0.717, 1.165) is 18.2 Å². The molecule has 0 bridgehead atoms. The van der Waals surface area contributed by atoms with E-state index in [-0.39, 0.29) is 11.4 Å². The molecular weight excluding hydrogens is 322 g/mol. The Morgan fingerprint density at radius 3 is 2.52 bits per heavy atom. The van der Waals surface area contributed by atoms with Gasteiger partial charge in [0, 0.05) is 5.69 Å². The summed E-state index contributed by atoms with van der Waals surface area (Å²) in [5, 5.41) is -0.430. The molecular formula is C13H11ClF2N2O2S. The molecule has 0 radical (unpaired) electrons. The van der Waals surface area contributed by atoms with Crippen LogP contribution in [0.3, 0.4) is 0 Å². The van der Waals surface area contributed by atoms with E-state index in [2.05, 4.69) is 0 Å². The van der Waals surface area contributed by atoms with Crippen molar-refractivity contribution in [1.29, 1.82) is 0 Å². The second-order valence-corrected chi connectivity index (χ2v) is 6.46. The van der Waals surface area contributed by atoms with E-state index in [1.54, 1.807) is 6.92 Å². The van der Waals surface area contributed by atoms with Crippen LogP contribution in [0.5, 0.6) is 0 Å². The van der Waals surface area contributed by atoms with E-state index in [4.69, 9.17) is 17.3 Å². The van der Waals surface area contributed by atoms with Gasteiger partial charge < -0.3 is 5.73 Å². The van der Waals surface area contributed by atoms with Gasteiger partial charge in [-0.2, -0.15) is 0 Å². The molecule has 4 nitrogen and oxygen atoms in total. The van der Waals surface area contributed by atoms with Crippen LogP contribution in [0.25, 0.3) is 0 Å². The summed E-state index contributed by atoms with van der Waals surface area (Å²) in [6, 6.07) is 5.88. The lowest BCUT2D eigenvalue weighted by Crippen LogP contribution is -2.16. The van der Waals surface area contributed by atoms with Crippen LogP contribution in [-0.4, -0.2) is 8.42 Å². The highest BCUT2D eigenvalue weighted by molar-refractivity contribution is 7.92. The molecule has 0 spiro atoms. The molecule has 0 heterocycles. The van der Waals surface area contributed by atoms with Gasteiger partial charge in [0.1, 0.15) is 10.7 Å². The van der Waals surface area contributed by atoms with E-state index in [9.17, 15) is 17.2 Å². The van der Waals surface area contributed by atoms with Crippen LogP contribution >= 0.6 is 11.6 Å². The maximum absolute atomic E-state index is 13.9. The number of nitrogens with one attached hydrogen (secondary N) is 1. The van der Waals surface area contributed by atoms with Gasteiger partial charge in [0.15, 0.2) is 5.82 Å². The van der Waals surface area contributed by atoms with Gasteiger partial charge in [0.25, 0.3) is 10.0 Å². The molecule has 0 aliphatic rings. The molecule has 8 heteroatoms. The Labute approximate surface area is 125 Å². The van der Waals surface area contributed by atoms with E-state index < -0.39 is 31.6 Å². The summed E-state index contributed by atoms with van der Waals surface area (Å²) >= 11 is 5.56. The molecule has 2 rings (SSSR count). The molecule has 0 aromatic heterocycles. The highest BCUT2D eigenvalue weighted by atomic mass is 35.5. The molecule has 0 aliphatic heterocycles. The second-order valence-electron chi connectivity index (χ2n) is 4.40. The van der Waals surface area contributed by atoms with Crippen molar-refractivity contribution in [2.75, 3.05) is 10.5 Å². The average Bonchev–Trinajstić information content (AvgIpc) is 2.37. The number of benzene rings is 2. The zero-order valence-corrected chi connectivity index (χ0v) is 12.4. The van der Waals surface area contributed by atoms with Crippen LogP contribution < -0.4 is 10.5 Å². The smallest absolute Gasteiger partial charge is 0.265 e. The first-order valence-corrected chi connectivity index (χ1v) is 7.60. The molecule has 0 saturated carbocycles. The largest absolute Gasteiger partial charge is 0.399 e. The fourth-order valence-corrected chi connectivity index (χ4v) is 3.17. The van der Waals surface area contributed by atoms with Crippen molar-refractivity contribution in [2.45, 2.75) is 11.8 Å². The number of nitrogen functional groups attached to an aromatic ring is 1. The Bertz CT molecular complexity index is 810. The number of hydrogen-bond donors (Lipinski definition) is 2. The van der Waals surface area contributed by atoms with Crippen LogP contribution in [0, 0.1) is 18.6 Å². The monoisotopic (exact) mass is 332 g/mol. The number of sulfonamides is 1. The number of aryl methyl sites for hydroxylation is 1. The predicted molar refractivity (Wildman–Crippen MR) is 77.8 cm³/mol. The molecule has 2 aromatic carbocycles. The van der Waals surface area contributed by atoms with Crippen molar-refractivity contribution in [3.8, 4) is 0 Å². The van der Waals surface area contributed by atoms with Crippen LogP contribution in [0.2, 0.25) is 5.02 Å². The fourth-order valence-electron chi connectivity index (χ4n) is 1.70. The van der Waals surface area contributed by atoms with E-state index in [1.165, 1.54) is 12.1 Å². The van der Waals surface area contributed by atoms with Gasteiger partial charge in [0.2, 0.25) is 0 Å². The first kappa shape index (κ1) is 15.5. The molecule has 0 saturated heterocycles. The summed E-state index contributed by atoms with van der Waals surface area (Å²) in [7, 11) is -4.36. The van der Waals surface area contributed by atoms with Crippen molar-refractivity contribution in [3.05, 3.63) is 52.6 Å². The molecule has 0 fully saturated rings. The van der Waals surface area contributed by atoms with Crippen molar-refractivity contribution >= 4 is 33.0 Å². The Morgan fingerprint density at radius 1 is 1.19 bits per heavy atom. The average molecular weight is 333 g/mol. The molecule has 3 N–H and O–H groups in total. The normalized spacial score (nSPS) is 11.4. The lowest BCUT2D eigenvalue weighted by atomic mass is 10.2. The van der Waals surface area contributed by atoms with Crippen LogP contribution in [0.4, 0.5) is 20.2 Å². The minimum atomic E-state index is -4.36. The summed E-state index contributed by atoms with van der Waals surface area (Å²) in [4.78, 5) is -0.742. The number of halogens is 3. The van der Waals surface area contributed by atoms with E-state index in [0.29, 0.717) is 5.56 Å². The molecule has 21 heavy (non-hydrogen) atoms. The molecule has 0 atom stereocenters. The predicted octanol–water partition coefficient (Wildman–Crippen LogP) is 3.31. The SMILES string of the molecule is Cc1ccc(F)c(NS(=O)(=O)c2cc(N)cc(Cl)c2F)c1. The topological polar surface area (TPSA) is 72.2 Å². The standard InChI is InChI=1S/C13H11ClF2N2O2S/c1-7-2-3-10(15)11(4-7)18-21(19,20)12-6-8(17)5-9(14)13(12)16/h2-6,18H,17H2,1H3. The highest BCUT2D eigenvalue weighted by Gasteiger charge is 2.23. The first-order chi connectivity index (χ1) is 9.70. The quantitative estimate of drug-likeness (QED) is 0.847. The summed E-state index contributed by atoms with van der Waals surface area (Å²) in [5.41, 5.74) is 5.79. The Kier molecular flexibility index (Phi) is 4.06. The number of nitrogens with two attached hydrogens (primary N) is 1. The molecule has 2 aromatic rings. The lowest BCUT2D eigenvalue weighted by Gasteiger charge is -2.11. The number of rotatable bonds is 3. The maximum atomic E-state index is 13.9. The molecule has 0 unspecified atom stereocenters. The van der Waals surface area contributed by atoms with Crippen molar-refractivity contribution in [1.82, 2.24) is 0 Å². The number of hydrogen-bond acceptors (Lipinski definition) is 3. The van der Waals surface area contributed by atoms with Gasteiger partial charge in [-0.3, -0.25) is 4.72 Å². The third kappa shape index (κ3) is 3.25. The Morgan fingerprint density at radius 2 is 1.86 bits per heavy atom. The van der Waals surface area contributed by atoms with Gasteiger partial charge >= 0.3 is 0 Å². The summed E-state index contributed by atoms with van der Waals surface area (Å²) in [5.74, 6) is -1.92. The first-order valence-electron chi connectivity index (χ1n) is 5.74. The summed E-state index contributed by atoms with van der Waals surface area (Å²) in [6.07, 6.45) is 0. The highest BCUT2D eigenvalue weighted by Crippen LogP contribution is 2.28. The fraction of sp³-hybridized carbons (Fsp3) is 0.0769. The van der Waals surface area contributed by atoms with Crippen LogP contribution in [-0.2, 0) is 10.0 Å². The zero-order valence-electron chi connectivity index (χ0n) is 10.8. The van der Waals surface area contributed by atoms with Crippen molar-refractivity contribution in [3.63, 3.8) is 0 Å². The third-order valence-electron chi connectivity index (χ3n) is 2.67. The minimum Gasteiger partial charge on any atom is -0.399 e. The lowest BCUT2D eigenvalue weighted by molar-refractivity contribution is 0.570. The van der Waals surface area contributed by atoms with E-state index in [1.807, 2.05) is 4.72 Å². The number of anilines is 2. The van der Waals surface area contributed by atoms with Gasteiger partial charge in [-0.25, -0.2) is 17.2 Å². The van der Waals surface area contributed by atoms with Gasteiger partial charge in [-0.05, 0) is 36.8 Å². The Balaban J connectivity index is 2.51. The zero-order chi connectivity index (χ0) is 15.8. The second kappa shape index (κ2) is 5.50. The third-order valence-corrected chi connectivity index (χ3v) is 4.31. The molecule has 112 valence electrons. The maximum Gasteiger partial charge on any atom is 0.265 e. The van der Waals surface area contributed by atoms with Gasteiger partial charge in [0.05, 0.1) is 10.7 Å². The van der Waals surface area contributed by atoms with E-state index >= 15 is 0 Å². The van der Waals surface area contributed by atoms with Gasteiger partial charge in [-0.15, -0.1) is 0 Å². The van der Waals surface area contributed by atoms with Crippen molar-refractivity contribution in [2.24, 2.45) is 0 Å². The summed E-state index contributed by atoms with van der Waals surface area (Å²) in [6.45, 7) is 1.66. The van der Waals surface area contributed by atoms with Crippen LogP contribution in [0.1, 0.15) is 5.56 Å². The van der Waals surface area contributed by atoms with Crippen molar-refractivity contribution < 1.29 is 17.2 Å². The van der Waals surface area contributed by atoms with Gasteiger partial charge in [-0.1, -0.05) is 17.7 Å². The molecule has 0 aliphatic carbocycles. The van der Waals surface area contributed by atoms with Crippen LogP contribution in [0.15, 0.2) is 35.2 Å². The Hall–Kier alpha value is -1.86. The molecule has 0 amide bonds.